The van der Waals surface area contributed by atoms with Gasteiger partial charge in [-0.15, -0.1) is 0 Å². The lowest BCUT2D eigenvalue weighted by molar-refractivity contribution is -0.147. The molecule has 0 bridgehead atoms. The zero-order valence-electron chi connectivity index (χ0n) is 11.9. The molecule has 0 saturated heterocycles. The maximum absolute atomic E-state index is 12.7. The Morgan fingerprint density at radius 3 is 2.55 bits per heavy atom. The van der Waals surface area contributed by atoms with E-state index in [4.69, 9.17) is 4.74 Å². The number of ether oxygens (including phenoxy) is 2. The number of esters is 1. The second-order valence-corrected chi connectivity index (χ2v) is 4.34. The zero-order chi connectivity index (χ0) is 16.9. The molecular formula is C13H16F3NO5. The molecule has 2 unspecified atom stereocenters. The molecule has 0 aliphatic carbocycles. The molecular weight excluding hydrogens is 307 g/mol. The van der Waals surface area contributed by atoms with Crippen LogP contribution in [0.25, 0.3) is 0 Å². The Morgan fingerprint density at radius 1 is 1.41 bits per heavy atom. The van der Waals surface area contributed by atoms with Gasteiger partial charge in [0.15, 0.2) is 0 Å². The number of aliphatic hydroxyl groups is 2. The summed E-state index contributed by atoms with van der Waals surface area (Å²) in [6.45, 7) is 1.64. The van der Waals surface area contributed by atoms with Gasteiger partial charge in [-0.05, 0) is 13.0 Å². The van der Waals surface area contributed by atoms with Crippen LogP contribution in [0, 0.1) is 0 Å². The Kier molecular flexibility index (Phi) is 6.12. The van der Waals surface area contributed by atoms with Gasteiger partial charge in [0.05, 0.1) is 31.8 Å². The van der Waals surface area contributed by atoms with Crippen molar-refractivity contribution in [2.24, 2.45) is 0 Å². The first kappa shape index (κ1) is 18.2. The molecule has 0 fully saturated rings. The van der Waals surface area contributed by atoms with Gasteiger partial charge in [-0.25, -0.2) is 4.98 Å². The minimum Gasteiger partial charge on any atom is -0.481 e. The SMILES string of the molecule is CCOC(=O)CC(O)C(O)c1cc(C(F)(F)F)cnc1OC. The number of rotatable bonds is 6. The number of aromatic nitrogens is 1. The lowest BCUT2D eigenvalue weighted by atomic mass is 10.0. The van der Waals surface area contributed by atoms with E-state index in [0.29, 0.717) is 12.3 Å². The first-order valence-electron chi connectivity index (χ1n) is 6.33. The molecule has 0 aliphatic rings. The Morgan fingerprint density at radius 2 is 2.05 bits per heavy atom. The number of hydrogen-bond acceptors (Lipinski definition) is 6. The summed E-state index contributed by atoms with van der Waals surface area (Å²) in [5, 5.41) is 19.7. The summed E-state index contributed by atoms with van der Waals surface area (Å²) in [7, 11) is 1.16. The number of halogens is 3. The van der Waals surface area contributed by atoms with E-state index >= 15 is 0 Å². The fourth-order valence-electron chi connectivity index (χ4n) is 1.72. The minimum atomic E-state index is -4.67. The van der Waals surface area contributed by atoms with Gasteiger partial charge in [-0.1, -0.05) is 0 Å². The lowest BCUT2D eigenvalue weighted by Gasteiger charge is -2.20. The number of nitrogens with zero attached hydrogens (tertiary/aromatic N) is 1. The lowest BCUT2D eigenvalue weighted by Crippen LogP contribution is -2.24. The first-order chi connectivity index (χ1) is 10.2. The maximum Gasteiger partial charge on any atom is 0.417 e. The van der Waals surface area contributed by atoms with Crippen LogP contribution < -0.4 is 4.74 Å². The van der Waals surface area contributed by atoms with E-state index in [9.17, 15) is 28.2 Å². The first-order valence-corrected chi connectivity index (χ1v) is 6.33. The molecule has 6 nitrogen and oxygen atoms in total. The predicted octanol–water partition coefficient (Wildman–Crippen LogP) is 1.46. The summed E-state index contributed by atoms with van der Waals surface area (Å²) in [4.78, 5) is 14.7. The second kappa shape index (κ2) is 7.41. The van der Waals surface area contributed by atoms with Crippen molar-refractivity contribution in [1.29, 1.82) is 0 Å². The van der Waals surface area contributed by atoms with Crippen LogP contribution in [0.5, 0.6) is 5.88 Å². The van der Waals surface area contributed by atoms with E-state index in [1.165, 1.54) is 0 Å². The van der Waals surface area contributed by atoms with Crippen LogP contribution in [-0.4, -0.2) is 41.0 Å². The van der Waals surface area contributed by atoms with Gasteiger partial charge < -0.3 is 19.7 Å². The topological polar surface area (TPSA) is 88.9 Å². The Hall–Kier alpha value is -1.87. The molecule has 0 saturated carbocycles. The van der Waals surface area contributed by atoms with Crippen LogP contribution in [-0.2, 0) is 15.7 Å². The molecule has 1 heterocycles. The Labute approximate surface area is 124 Å². The van der Waals surface area contributed by atoms with Crippen molar-refractivity contribution >= 4 is 5.97 Å². The summed E-state index contributed by atoms with van der Waals surface area (Å²) >= 11 is 0. The van der Waals surface area contributed by atoms with Crippen LogP contribution in [0.3, 0.4) is 0 Å². The fourth-order valence-corrected chi connectivity index (χ4v) is 1.72. The summed E-state index contributed by atoms with van der Waals surface area (Å²) < 4.78 is 47.4. The molecule has 0 aliphatic heterocycles. The third-order valence-corrected chi connectivity index (χ3v) is 2.76. The second-order valence-electron chi connectivity index (χ2n) is 4.34. The van der Waals surface area contributed by atoms with E-state index in [-0.39, 0.29) is 18.1 Å². The van der Waals surface area contributed by atoms with Crippen LogP contribution in [0.2, 0.25) is 0 Å². The monoisotopic (exact) mass is 323 g/mol. The van der Waals surface area contributed by atoms with Gasteiger partial charge in [-0.2, -0.15) is 13.2 Å². The zero-order valence-corrected chi connectivity index (χ0v) is 11.9. The highest BCUT2D eigenvalue weighted by Crippen LogP contribution is 2.34. The van der Waals surface area contributed by atoms with Gasteiger partial charge >= 0.3 is 12.1 Å². The van der Waals surface area contributed by atoms with Crippen molar-refractivity contribution in [3.8, 4) is 5.88 Å². The van der Waals surface area contributed by atoms with Crippen molar-refractivity contribution < 1.29 is 37.7 Å². The largest absolute Gasteiger partial charge is 0.481 e. The average molecular weight is 323 g/mol. The summed E-state index contributed by atoms with van der Waals surface area (Å²) in [6.07, 6.45) is -8.13. The highest BCUT2D eigenvalue weighted by molar-refractivity contribution is 5.70. The molecule has 0 spiro atoms. The molecule has 1 aromatic heterocycles. The van der Waals surface area contributed by atoms with Gasteiger partial charge in [0, 0.05) is 11.8 Å². The van der Waals surface area contributed by atoms with Crippen LogP contribution in [0.1, 0.15) is 30.6 Å². The third kappa shape index (κ3) is 4.57. The average Bonchev–Trinajstić information content (AvgIpc) is 2.44. The van der Waals surface area contributed by atoms with E-state index in [0.717, 1.165) is 7.11 Å². The molecule has 0 radical (unpaired) electrons. The van der Waals surface area contributed by atoms with Gasteiger partial charge in [-0.3, -0.25) is 4.79 Å². The predicted molar refractivity (Wildman–Crippen MR) is 68.0 cm³/mol. The molecule has 2 N–H and O–H groups in total. The number of carbonyl (C=O) groups is 1. The van der Waals surface area contributed by atoms with Crippen LogP contribution >= 0.6 is 0 Å². The summed E-state index contributed by atoms with van der Waals surface area (Å²) in [5.74, 6) is -1.06. The van der Waals surface area contributed by atoms with Crippen molar-refractivity contribution in [2.45, 2.75) is 31.7 Å². The van der Waals surface area contributed by atoms with E-state index in [1.54, 1.807) is 6.92 Å². The quantitative estimate of drug-likeness (QED) is 0.771. The third-order valence-electron chi connectivity index (χ3n) is 2.76. The van der Waals surface area contributed by atoms with E-state index in [2.05, 4.69) is 9.72 Å². The normalized spacial score (nSPS) is 14.3. The number of pyridine rings is 1. The maximum atomic E-state index is 12.7. The molecule has 0 aromatic carbocycles. The molecule has 1 rings (SSSR count). The smallest absolute Gasteiger partial charge is 0.417 e. The summed E-state index contributed by atoms with van der Waals surface area (Å²) in [5.41, 5.74) is -1.47. The number of carbonyl (C=O) groups excluding carboxylic acids is 1. The van der Waals surface area contributed by atoms with Crippen molar-refractivity contribution in [1.82, 2.24) is 4.98 Å². The molecule has 9 heteroatoms. The molecule has 0 amide bonds. The number of alkyl halides is 3. The molecule has 22 heavy (non-hydrogen) atoms. The van der Waals surface area contributed by atoms with E-state index in [1.807, 2.05) is 0 Å². The molecule has 124 valence electrons. The van der Waals surface area contributed by atoms with Crippen molar-refractivity contribution in [3.05, 3.63) is 23.4 Å². The van der Waals surface area contributed by atoms with Gasteiger partial charge in [0.2, 0.25) is 5.88 Å². The van der Waals surface area contributed by atoms with Gasteiger partial charge in [0.25, 0.3) is 0 Å². The van der Waals surface area contributed by atoms with Crippen molar-refractivity contribution in [2.75, 3.05) is 13.7 Å². The number of aliphatic hydroxyl groups excluding tert-OH is 2. The number of methoxy groups -OCH3 is 1. The highest BCUT2D eigenvalue weighted by atomic mass is 19.4. The summed E-state index contributed by atoms with van der Waals surface area (Å²) in [6, 6.07) is 0.616. The Balaban J connectivity index is 3.04. The van der Waals surface area contributed by atoms with Crippen LogP contribution in [0.4, 0.5) is 13.2 Å². The number of hydrogen-bond donors (Lipinski definition) is 2. The standard InChI is InChI=1S/C13H16F3NO5/c1-3-22-10(19)5-9(18)11(20)8-4-7(13(14,15)16)6-17-12(8)21-2/h4,6,9,11,18,20H,3,5H2,1-2H3. The fraction of sp³-hybridized carbons (Fsp3) is 0.538. The van der Waals surface area contributed by atoms with Crippen LogP contribution in [0.15, 0.2) is 12.3 Å². The Bertz CT molecular complexity index is 521. The molecule has 1 aromatic rings. The molecule has 2 atom stereocenters. The highest BCUT2D eigenvalue weighted by Gasteiger charge is 2.34. The van der Waals surface area contributed by atoms with Crippen molar-refractivity contribution in [3.63, 3.8) is 0 Å². The minimum absolute atomic E-state index is 0.0794. The van der Waals surface area contributed by atoms with Gasteiger partial charge in [0.1, 0.15) is 6.10 Å². The van der Waals surface area contributed by atoms with E-state index < -0.39 is 36.3 Å².